The van der Waals surface area contributed by atoms with Crippen molar-refractivity contribution in [2.24, 2.45) is 0 Å². The molecule has 1 aromatic carbocycles. The molecule has 0 fully saturated rings. The van der Waals surface area contributed by atoms with Crippen LogP contribution in [0.25, 0.3) is 0 Å². The monoisotopic (exact) mass is 248 g/mol. The summed E-state index contributed by atoms with van der Waals surface area (Å²) in [5.74, 6) is 0.842. The summed E-state index contributed by atoms with van der Waals surface area (Å²) >= 11 is 0. The molecule has 0 aromatic heterocycles. The van der Waals surface area contributed by atoms with E-state index in [1.165, 1.54) is 0 Å². The van der Waals surface area contributed by atoms with Crippen LogP contribution in [0, 0.1) is 11.3 Å². The van der Waals surface area contributed by atoms with Gasteiger partial charge in [-0.3, -0.25) is 0 Å². The maximum Gasteiger partial charge on any atom is 0.119 e. The van der Waals surface area contributed by atoms with Gasteiger partial charge < -0.3 is 15.2 Å². The smallest absolute Gasteiger partial charge is 0.119 e. The molecule has 0 aliphatic heterocycles. The van der Waals surface area contributed by atoms with Crippen LogP contribution in [0.1, 0.15) is 24.8 Å². The molecule has 0 saturated carbocycles. The SMILES string of the molecule is N#CCCCOc1cccc(CNCCCO)c1. The van der Waals surface area contributed by atoms with Crippen molar-refractivity contribution in [1.82, 2.24) is 5.32 Å². The van der Waals surface area contributed by atoms with Gasteiger partial charge in [-0.15, -0.1) is 0 Å². The highest BCUT2D eigenvalue weighted by molar-refractivity contribution is 5.28. The Bertz CT molecular complexity index is 374. The number of nitrogens with zero attached hydrogens (tertiary/aromatic N) is 1. The second-order valence-electron chi connectivity index (χ2n) is 4.01. The number of hydrogen-bond donors (Lipinski definition) is 2. The molecule has 0 heterocycles. The maximum absolute atomic E-state index is 8.67. The van der Waals surface area contributed by atoms with Gasteiger partial charge in [0.15, 0.2) is 0 Å². The van der Waals surface area contributed by atoms with E-state index in [4.69, 9.17) is 15.1 Å². The van der Waals surface area contributed by atoms with Crippen molar-refractivity contribution in [3.05, 3.63) is 29.8 Å². The lowest BCUT2D eigenvalue weighted by Crippen LogP contribution is -2.15. The van der Waals surface area contributed by atoms with E-state index in [0.717, 1.165) is 37.2 Å². The Morgan fingerprint density at radius 1 is 1.33 bits per heavy atom. The Labute approximate surface area is 108 Å². The topological polar surface area (TPSA) is 65.3 Å². The number of nitrogens with one attached hydrogen (secondary N) is 1. The van der Waals surface area contributed by atoms with Crippen molar-refractivity contribution in [3.63, 3.8) is 0 Å². The van der Waals surface area contributed by atoms with Crippen LogP contribution in [-0.4, -0.2) is 24.9 Å². The summed E-state index contributed by atoms with van der Waals surface area (Å²) in [4.78, 5) is 0. The van der Waals surface area contributed by atoms with Gasteiger partial charge in [-0.25, -0.2) is 0 Å². The first-order chi connectivity index (χ1) is 8.86. The summed E-state index contributed by atoms with van der Waals surface area (Å²) in [5, 5.41) is 20.3. The number of aliphatic hydroxyl groups is 1. The summed E-state index contributed by atoms with van der Waals surface area (Å²) in [5.41, 5.74) is 1.16. The Morgan fingerprint density at radius 3 is 3.00 bits per heavy atom. The van der Waals surface area contributed by atoms with Crippen LogP contribution in [0.3, 0.4) is 0 Å². The van der Waals surface area contributed by atoms with E-state index in [2.05, 4.69) is 11.4 Å². The molecule has 18 heavy (non-hydrogen) atoms. The van der Waals surface area contributed by atoms with Crippen LogP contribution in [0.15, 0.2) is 24.3 Å². The van der Waals surface area contributed by atoms with Crippen LogP contribution in [0.2, 0.25) is 0 Å². The summed E-state index contributed by atoms with van der Waals surface area (Å²) in [6.45, 7) is 2.38. The van der Waals surface area contributed by atoms with Crippen molar-refractivity contribution >= 4 is 0 Å². The molecule has 0 aliphatic rings. The molecule has 1 aromatic rings. The Balaban J connectivity index is 2.30. The molecular weight excluding hydrogens is 228 g/mol. The first kappa shape index (κ1) is 14.5. The van der Waals surface area contributed by atoms with E-state index >= 15 is 0 Å². The van der Waals surface area contributed by atoms with Gasteiger partial charge in [0.05, 0.1) is 12.7 Å². The van der Waals surface area contributed by atoms with Gasteiger partial charge in [-0.1, -0.05) is 12.1 Å². The first-order valence-corrected chi connectivity index (χ1v) is 6.27. The number of hydrogen-bond acceptors (Lipinski definition) is 4. The van der Waals surface area contributed by atoms with Crippen molar-refractivity contribution < 1.29 is 9.84 Å². The highest BCUT2D eigenvalue weighted by Gasteiger charge is 1.97. The number of unbranched alkanes of at least 4 members (excludes halogenated alkanes) is 1. The molecular formula is C14H20N2O2. The summed E-state index contributed by atoms with van der Waals surface area (Å²) < 4.78 is 5.56. The lowest BCUT2D eigenvalue weighted by molar-refractivity contribution is 0.286. The van der Waals surface area contributed by atoms with Crippen molar-refractivity contribution in [3.8, 4) is 11.8 Å². The van der Waals surface area contributed by atoms with Gasteiger partial charge in [-0.2, -0.15) is 5.26 Å². The minimum atomic E-state index is 0.217. The van der Waals surface area contributed by atoms with E-state index in [9.17, 15) is 0 Å². The molecule has 1 rings (SSSR count). The lowest BCUT2D eigenvalue weighted by Gasteiger charge is -2.08. The van der Waals surface area contributed by atoms with Crippen LogP contribution in [0.5, 0.6) is 5.75 Å². The van der Waals surface area contributed by atoms with Crippen molar-refractivity contribution in [2.75, 3.05) is 19.8 Å². The van der Waals surface area contributed by atoms with Crippen LogP contribution < -0.4 is 10.1 Å². The molecule has 4 heteroatoms. The van der Waals surface area contributed by atoms with E-state index < -0.39 is 0 Å². The van der Waals surface area contributed by atoms with Crippen LogP contribution in [-0.2, 0) is 6.54 Å². The van der Waals surface area contributed by atoms with E-state index in [0.29, 0.717) is 13.0 Å². The number of rotatable bonds is 9. The summed E-state index contributed by atoms with van der Waals surface area (Å²) in [6.07, 6.45) is 2.06. The normalized spacial score (nSPS) is 10.0. The molecule has 98 valence electrons. The molecule has 0 unspecified atom stereocenters. The second-order valence-corrected chi connectivity index (χ2v) is 4.01. The van der Waals surface area contributed by atoms with E-state index in [1.807, 2.05) is 24.3 Å². The minimum Gasteiger partial charge on any atom is -0.494 e. The third-order valence-electron chi connectivity index (χ3n) is 2.44. The van der Waals surface area contributed by atoms with E-state index in [1.54, 1.807) is 0 Å². The first-order valence-electron chi connectivity index (χ1n) is 6.27. The molecule has 0 aliphatic carbocycles. The van der Waals surface area contributed by atoms with Gasteiger partial charge in [0.1, 0.15) is 5.75 Å². The predicted octanol–water partition coefficient (Wildman–Crippen LogP) is 1.84. The van der Waals surface area contributed by atoms with Crippen molar-refractivity contribution in [2.45, 2.75) is 25.8 Å². The number of benzene rings is 1. The quantitative estimate of drug-likeness (QED) is 0.654. The van der Waals surface area contributed by atoms with Gasteiger partial charge >= 0.3 is 0 Å². The fourth-order valence-electron chi connectivity index (χ4n) is 1.52. The third-order valence-corrected chi connectivity index (χ3v) is 2.44. The van der Waals surface area contributed by atoms with Gasteiger partial charge in [0, 0.05) is 19.6 Å². The predicted molar refractivity (Wildman–Crippen MR) is 70.2 cm³/mol. The van der Waals surface area contributed by atoms with Crippen LogP contribution >= 0.6 is 0 Å². The zero-order chi connectivity index (χ0) is 13.1. The average molecular weight is 248 g/mol. The fraction of sp³-hybridized carbons (Fsp3) is 0.500. The maximum atomic E-state index is 8.67. The summed E-state index contributed by atoms with van der Waals surface area (Å²) in [6, 6.07) is 10.0. The summed E-state index contributed by atoms with van der Waals surface area (Å²) in [7, 11) is 0. The van der Waals surface area contributed by atoms with E-state index in [-0.39, 0.29) is 6.61 Å². The molecule has 0 saturated heterocycles. The van der Waals surface area contributed by atoms with Crippen LogP contribution in [0.4, 0.5) is 0 Å². The zero-order valence-corrected chi connectivity index (χ0v) is 10.6. The number of nitriles is 1. The Morgan fingerprint density at radius 2 is 2.22 bits per heavy atom. The highest BCUT2D eigenvalue weighted by atomic mass is 16.5. The standard InChI is InChI=1S/C14H20N2O2/c15-7-1-2-10-18-14-6-3-5-13(11-14)12-16-8-4-9-17/h3,5-6,11,16-17H,1-2,4,8-10,12H2. The minimum absolute atomic E-state index is 0.217. The lowest BCUT2D eigenvalue weighted by atomic mass is 10.2. The third kappa shape index (κ3) is 6.24. The molecule has 0 atom stereocenters. The zero-order valence-electron chi connectivity index (χ0n) is 10.6. The second kappa shape index (κ2) is 9.46. The number of aliphatic hydroxyl groups excluding tert-OH is 1. The number of ether oxygens (including phenoxy) is 1. The largest absolute Gasteiger partial charge is 0.494 e. The molecule has 4 nitrogen and oxygen atoms in total. The van der Waals surface area contributed by atoms with Crippen molar-refractivity contribution in [1.29, 1.82) is 5.26 Å². The molecule has 0 amide bonds. The molecule has 0 spiro atoms. The molecule has 2 N–H and O–H groups in total. The highest BCUT2D eigenvalue weighted by Crippen LogP contribution is 2.13. The molecule has 0 radical (unpaired) electrons. The van der Waals surface area contributed by atoms with Gasteiger partial charge in [0.25, 0.3) is 0 Å². The Hall–Kier alpha value is -1.57. The molecule has 0 bridgehead atoms. The van der Waals surface area contributed by atoms with Gasteiger partial charge in [0.2, 0.25) is 0 Å². The van der Waals surface area contributed by atoms with Gasteiger partial charge in [-0.05, 0) is 37.1 Å². The Kier molecular flexibility index (Phi) is 7.61. The average Bonchev–Trinajstić information content (AvgIpc) is 2.40. The fourth-order valence-corrected chi connectivity index (χ4v) is 1.52.